The van der Waals surface area contributed by atoms with Gasteiger partial charge in [0, 0.05) is 5.56 Å². The van der Waals surface area contributed by atoms with Crippen molar-refractivity contribution in [3.63, 3.8) is 0 Å². The summed E-state index contributed by atoms with van der Waals surface area (Å²) in [4.78, 5) is 14.3. The van der Waals surface area contributed by atoms with Crippen molar-refractivity contribution in [1.82, 2.24) is 4.98 Å². The van der Waals surface area contributed by atoms with Crippen LogP contribution < -0.4 is 0 Å². The van der Waals surface area contributed by atoms with E-state index in [0.29, 0.717) is 0 Å². The first-order valence-electron chi connectivity index (χ1n) is 5.20. The normalized spacial score (nSPS) is 11.5. The first-order chi connectivity index (χ1) is 8.86. The summed E-state index contributed by atoms with van der Waals surface area (Å²) in [7, 11) is 0. The molecule has 0 saturated carbocycles. The van der Waals surface area contributed by atoms with Crippen LogP contribution in [-0.2, 0) is 17.4 Å². The van der Waals surface area contributed by atoms with Gasteiger partial charge in [0.25, 0.3) is 0 Å². The molecule has 2 aromatic rings. The maximum absolute atomic E-state index is 12.5. The molecule has 0 bridgehead atoms. The van der Waals surface area contributed by atoms with Crippen LogP contribution in [0.15, 0.2) is 34.9 Å². The van der Waals surface area contributed by atoms with E-state index in [1.165, 1.54) is 12.1 Å². The van der Waals surface area contributed by atoms with Crippen molar-refractivity contribution in [2.24, 2.45) is 0 Å². The SMILES string of the molecule is O=C(O)Cc1coc(-c2cccc(C(F)(F)F)c2)n1. The summed E-state index contributed by atoms with van der Waals surface area (Å²) in [6.07, 6.45) is -3.68. The van der Waals surface area contributed by atoms with E-state index >= 15 is 0 Å². The predicted octanol–water partition coefficient (Wildman–Crippen LogP) is 2.99. The molecule has 0 aliphatic heterocycles. The molecule has 1 aromatic heterocycles. The molecular formula is C12H8F3NO3. The number of rotatable bonds is 3. The number of hydrogen-bond donors (Lipinski definition) is 1. The Morgan fingerprint density at radius 3 is 2.74 bits per heavy atom. The highest BCUT2D eigenvalue weighted by molar-refractivity contribution is 5.69. The lowest BCUT2D eigenvalue weighted by Gasteiger charge is -2.06. The summed E-state index contributed by atoms with van der Waals surface area (Å²) in [5, 5.41) is 8.57. The number of halogens is 3. The van der Waals surface area contributed by atoms with Crippen molar-refractivity contribution in [3.05, 3.63) is 41.8 Å². The second-order valence-electron chi connectivity index (χ2n) is 3.79. The monoisotopic (exact) mass is 271 g/mol. The number of aliphatic carboxylic acids is 1. The average molecular weight is 271 g/mol. The molecule has 0 atom stereocenters. The molecule has 0 unspecified atom stereocenters. The van der Waals surface area contributed by atoms with E-state index in [4.69, 9.17) is 9.52 Å². The van der Waals surface area contributed by atoms with E-state index in [2.05, 4.69) is 4.98 Å². The third kappa shape index (κ3) is 3.12. The Bertz CT molecular complexity index is 604. The number of hydrogen-bond acceptors (Lipinski definition) is 3. The average Bonchev–Trinajstić information content (AvgIpc) is 2.76. The van der Waals surface area contributed by atoms with Crippen molar-refractivity contribution in [2.45, 2.75) is 12.6 Å². The molecule has 4 nitrogen and oxygen atoms in total. The Morgan fingerprint density at radius 1 is 1.37 bits per heavy atom. The van der Waals surface area contributed by atoms with Crippen molar-refractivity contribution in [1.29, 1.82) is 0 Å². The van der Waals surface area contributed by atoms with Crippen LogP contribution in [0.1, 0.15) is 11.3 Å². The van der Waals surface area contributed by atoms with Crippen LogP contribution in [0.5, 0.6) is 0 Å². The van der Waals surface area contributed by atoms with Crippen molar-refractivity contribution in [2.75, 3.05) is 0 Å². The van der Waals surface area contributed by atoms with E-state index in [0.717, 1.165) is 18.4 Å². The van der Waals surface area contributed by atoms with Gasteiger partial charge in [-0.3, -0.25) is 4.79 Å². The Labute approximate surface area is 105 Å². The van der Waals surface area contributed by atoms with Gasteiger partial charge in [-0.15, -0.1) is 0 Å². The number of oxazole rings is 1. The van der Waals surface area contributed by atoms with Crippen LogP contribution in [0, 0.1) is 0 Å². The predicted molar refractivity (Wildman–Crippen MR) is 58.3 cm³/mol. The molecule has 0 spiro atoms. The van der Waals surface area contributed by atoms with Crippen molar-refractivity contribution in [3.8, 4) is 11.5 Å². The van der Waals surface area contributed by atoms with E-state index in [1.54, 1.807) is 0 Å². The minimum Gasteiger partial charge on any atom is -0.481 e. The van der Waals surface area contributed by atoms with Crippen molar-refractivity contribution >= 4 is 5.97 Å². The standard InChI is InChI=1S/C12H8F3NO3/c13-12(14,15)8-3-1-2-7(4-8)11-16-9(6-19-11)5-10(17)18/h1-4,6H,5H2,(H,17,18). The minimum absolute atomic E-state index is 0.0395. The summed E-state index contributed by atoms with van der Waals surface area (Å²) in [6, 6.07) is 4.48. The molecule has 0 saturated heterocycles. The molecule has 0 fully saturated rings. The summed E-state index contributed by atoms with van der Waals surface area (Å²) in [6.45, 7) is 0. The fraction of sp³-hybridized carbons (Fsp3) is 0.167. The van der Waals surface area contributed by atoms with Gasteiger partial charge in [0.15, 0.2) is 0 Å². The lowest BCUT2D eigenvalue weighted by atomic mass is 10.1. The van der Waals surface area contributed by atoms with E-state index in [-0.39, 0.29) is 23.6 Å². The van der Waals surface area contributed by atoms with Gasteiger partial charge in [0.2, 0.25) is 5.89 Å². The maximum Gasteiger partial charge on any atom is 0.416 e. The number of nitrogens with zero attached hydrogens (tertiary/aromatic N) is 1. The van der Waals surface area contributed by atoms with Crippen molar-refractivity contribution < 1.29 is 27.5 Å². The quantitative estimate of drug-likeness (QED) is 0.932. The van der Waals surface area contributed by atoms with Gasteiger partial charge >= 0.3 is 12.1 Å². The minimum atomic E-state index is -4.45. The highest BCUT2D eigenvalue weighted by atomic mass is 19.4. The van der Waals surface area contributed by atoms with Crippen LogP contribution >= 0.6 is 0 Å². The summed E-state index contributed by atoms with van der Waals surface area (Å²) in [5.41, 5.74) is -0.519. The van der Waals surface area contributed by atoms with Gasteiger partial charge in [-0.25, -0.2) is 4.98 Å². The Balaban J connectivity index is 2.32. The topological polar surface area (TPSA) is 63.3 Å². The number of alkyl halides is 3. The first kappa shape index (κ1) is 13.1. The van der Waals surface area contributed by atoms with Gasteiger partial charge in [-0.2, -0.15) is 13.2 Å². The number of carboxylic acid groups (broad SMARTS) is 1. The molecule has 7 heteroatoms. The molecule has 19 heavy (non-hydrogen) atoms. The van der Waals surface area contributed by atoms with Crippen LogP contribution in [0.2, 0.25) is 0 Å². The van der Waals surface area contributed by atoms with Crippen LogP contribution in [-0.4, -0.2) is 16.1 Å². The Hall–Kier alpha value is -2.31. The first-order valence-corrected chi connectivity index (χ1v) is 5.20. The number of benzene rings is 1. The molecule has 0 aliphatic rings. The highest BCUT2D eigenvalue weighted by Gasteiger charge is 2.30. The lowest BCUT2D eigenvalue weighted by molar-refractivity contribution is -0.138. The molecule has 0 amide bonds. The van der Waals surface area contributed by atoms with E-state index in [9.17, 15) is 18.0 Å². The molecule has 100 valence electrons. The summed E-state index contributed by atoms with van der Waals surface area (Å²) in [5.74, 6) is -1.13. The third-order valence-electron chi connectivity index (χ3n) is 2.32. The number of carbonyl (C=O) groups is 1. The van der Waals surface area contributed by atoms with E-state index < -0.39 is 17.7 Å². The molecule has 1 aromatic carbocycles. The second-order valence-corrected chi connectivity index (χ2v) is 3.79. The van der Waals surface area contributed by atoms with Gasteiger partial charge in [0.1, 0.15) is 6.26 Å². The lowest BCUT2D eigenvalue weighted by Crippen LogP contribution is -2.04. The second kappa shape index (κ2) is 4.75. The fourth-order valence-corrected chi connectivity index (χ4v) is 1.50. The van der Waals surface area contributed by atoms with E-state index in [1.807, 2.05) is 0 Å². The third-order valence-corrected chi connectivity index (χ3v) is 2.32. The summed E-state index contributed by atoms with van der Waals surface area (Å²) >= 11 is 0. The molecule has 2 rings (SSSR count). The Kier molecular flexibility index (Phi) is 3.28. The molecule has 1 N–H and O–H groups in total. The van der Waals surface area contributed by atoms with Crippen LogP contribution in [0.4, 0.5) is 13.2 Å². The van der Waals surface area contributed by atoms with Gasteiger partial charge in [0.05, 0.1) is 17.7 Å². The molecule has 0 aliphatic carbocycles. The van der Waals surface area contributed by atoms with Gasteiger partial charge < -0.3 is 9.52 Å². The highest BCUT2D eigenvalue weighted by Crippen LogP contribution is 2.31. The molecular weight excluding hydrogens is 263 g/mol. The van der Waals surface area contributed by atoms with Gasteiger partial charge in [-0.05, 0) is 18.2 Å². The molecule has 0 radical (unpaired) electrons. The zero-order valence-electron chi connectivity index (χ0n) is 9.44. The Morgan fingerprint density at radius 2 is 2.11 bits per heavy atom. The maximum atomic E-state index is 12.5. The number of carboxylic acids is 1. The van der Waals surface area contributed by atoms with Crippen LogP contribution in [0.3, 0.4) is 0 Å². The summed E-state index contributed by atoms with van der Waals surface area (Å²) < 4.78 is 42.6. The fourth-order valence-electron chi connectivity index (χ4n) is 1.50. The number of aromatic nitrogens is 1. The van der Waals surface area contributed by atoms with Gasteiger partial charge in [-0.1, -0.05) is 6.07 Å². The largest absolute Gasteiger partial charge is 0.481 e. The molecule has 1 heterocycles. The smallest absolute Gasteiger partial charge is 0.416 e. The van der Waals surface area contributed by atoms with Crippen LogP contribution in [0.25, 0.3) is 11.5 Å². The zero-order valence-corrected chi connectivity index (χ0v) is 9.44. The zero-order chi connectivity index (χ0) is 14.0.